The molecule has 1 fully saturated rings. The second-order valence-corrected chi connectivity index (χ2v) is 9.22. The maximum atomic E-state index is 13.9. The number of sulfonamides is 1. The van der Waals surface area contributed by atoms with E-state index in [1.807, 2.05) is 4.90 Å². The SMILES string of the molecule is Cl.O=S(=O)(Nc1ccc(Cl)c(-c2cccc(F)c2Cl)n1)c1cccc(N2CCNCC2)n1. The molecule has 0 amide bonds. The van der Waals surface area contributed by atoms with Crippen LogP contribution in [0, 0.1) is 5.82 Å². The van der Waals surface area contributed by atoms with Gasteiger partial charge in [0.1, 0.15) is 17.5 Å². The van der Waals surface area contributed by atoms with Gasteiger partial charge in [-0.3, -0.25) is 4.72 Å². The van der Waals surface area contributed by atoms with E-state index in [1.54, 1.807) is 18.2 Å². The molecule has 0 saturated carbocycles. The van der Waals surface area contributed by atoms with Crippen LogP contribution in [-0.2, 0) is 10.0 Å². The summed E-state index contributed by atoms with van der Waals surface area (Å²) in [6, 6.07) is 11.9. The summed E-state index contributed by atoms with van der Waals surface area (Å²) in [5.74, 6) is -0.0354. The first-order valence-corrected chi connectivity index (χ1v) is 11.7. The summed E-state index contributed by atoms with van der Waals surface area (Å²) in [6.07, 6.45) is 0. The number of piperazine rings is 1. The Morgan fingerprint density at radius 1 is 1.00 bits per heavy atom. The molecule has 2 aromatic heterocycles. The molecule has 7 nitrogen and oxygen atoms in total. The zero-order valence-corrected chi connectivity index (χ0v) is 19.7. The molecule has 1 aliphatic rings. The summed E-state index contributed by atoms with van der Waals surface area (Å²) in [5.41, 5.74) is 0.417. The van der Waals surface area contributed by atoms with Crippen molar-refractivity contribution >= 4 is 57.3 Å². The number of hydrogen-bond donors (Lipinski definition) is 2. The van der Waals surface area contributed by atoms with Crippen LogP contribution in [0.4, 0.5) is 16.0 Å². The molecule has 3 aromatic rings. The zero-order valence-electron chi connectivity index (χ0n) is 16.6. The van der Waals surface area contributed by atoms with Crippen molar-refractivity contribution in [1.29, 1.82) is 0 Å². The van der Waals surface area contributed by atoms with Crippen LogP contribution in [0.3, 0.4) is 0 Å². The molecule has 0 unspecified atom stereocenters. The maximum Gasteiger partial charge on any atom is 0.280 e. The van der Waals surface area contributed by atoms with Gasteiger partial charge in [0.05, 0.1) is 15.7 Å². The monoisotopic (exact) mass is 517 g/mol. The van der Waals surface area contributed by atoms with Gasteiger partial charge in [-0.05, 0) is 30.3 Å². The van der Waals surface area contributed by atoms with Crippen molar-refractivity contribution in [3.05, 3.63) is 64.4 Å². The minimum Gasteiger partial charge on any atom is -0.354 e. The number of nitrogens with one attached hydrogen (secondary N) is 2. The Morgan fingerprint density at radius 2 is 1.72 bits per heavy atom. The number of nitrogens with zero attached hydrogens (tertiary/aromatic N) is 3. The van der Waals surface area contributed by atoms with Gasteiger partial charge in [-0.15, -0.1) is 12.4 Å². The van der Waals surface area contributed by atoms with Gasteiger partial charge in [0, 0.05) is 31.7 Å². The highest BCUT2D eigenvalue weighted by Gasteiger charge is 2.21. The first kappa shape index (κ1) is 24.5. The molecular weight excluding hydrogens is 500 g/mol. The van der Waals surface area contributed by atoms with Crippen molar-refractivity contribution in [3.8, 4) is 11.3 Å². The average molecular weight is 519 g/mol. The molecule has 3 heterocycles. The third-order valence-electron chi connectivity index (χ3n) is 4.72. The molecule has 170 valence electrons. The predicted octanol–water partition coefficient (Wildman–Crippen LogP) is 4.22. The fourth-order valence-corrected chi connectivity index (χ4v) is 4.58. The molecule has 0 bridgehead atoms. The standard InChI is InChI=1S/C20H18Cl2FN5O2S.ClH/c21-14-7-8-16(25-20(14)13-3-1-4-15(23)19(13)22)27-31(29,30)18-6-2-5-17(26-18)28-11-9-24-10-12-28;/h1-8,24H,9-12H2,(H,25,27);1H. The Hall–Kier alpha value is -2.17. The van der Waals surface area contributed by atoms with Gasteiger partial charge in [0.25, 0.3) is 10.0 Å². The van der Waals surface area contributed by atoms with Crippen LogP contribution < -0.4 is 14.9 Å². The normalized spacial score (nSPS) is 14.0. The summed E-state index contributed by atoms with van der Waals surface area (Å²) >= 11 is 12.2. The van der Waals surface area contributed by atoms with Crippen molar-refractivity contribution in [2.45, 2.75) is 5.03 Å². The largest absolute Gasteiger partial charge is 0.354 e. The van der Waals surface area contributed by atoms with E-state index >= 15 is 0 Å². The third kappa shape index (κ3) is 5.24. The fourth-order valence-electron chi connectivity index (χ4n) is 3.19. The van der Waals surface area contributed by atoms with Crippen molar-refractivity contribution in [2.75, 3.05) is 35.8 Å². The van der Waals surface area contributed by atoms with Crippen molar-refractivity contribution < 1.29 is 12.8 Å². The minimum atomic E-state index is -4.02. The van der Waals surface area contributed by atoms with Gasteiger partial charge in [0.15, 0.2) is 5.03 Å². The lowest BCUT2D eigenvalue weighted by molar-refractivity contribution is 0.580. The number of halogens is 4. The van der Waals surface area contributed by atoms with Crippen LogP contribution >= 0.6 is 35.6 Å². The lowest BCUT2D eigenvalue weighted by Crippen LogP contribution is -2.44. The lowest BCUT2D eigenvalue weighted by atomic mass is 10.1. The highest BCUT2D eigenvalue weighted by Crippen LogP contribution is 2.34. The summed E-state index contributed by atoms with van der Waals surface area (Å²) in [6.45, 7) is 3.08. The van der Waals surface area contributed by atoms with Crippen LogP contribution in [0.2, 0.25) is 10.0 Å². The first-order valence-electron chi connectivity index (χ1n) is 9.41. The Morgan fingerprint density at radius 3 is 2.47 bits per heavy atom. The number of benzene rings is 1. The summed E-state index contributed by atoms with van der Waals surface area (Å²) < 4.78 is 42.1. The number of hydrogen-bond acceptors (Lipinski definition) is 6. The Balaban J connectivity index is 0.00000289. The van der Waals surface area contributed by atoms with Crippen LogP contribution in [-0.4, -0.2) is 44.6 Å². The van der Waals surface area contributed by atoms with E-state index in [9.17, 15) is 12.8 Å². The number of rotatable bonds is 5. The Bertz CT molecular complexity index is 1220. The topological polar surface area (TPSA) is 87.2 Å². The van der Waals surface area contributed by atoms with Gasteiger partial charge in [0.2, 0.25) is 0 Å². The van der Waals surface area contributed by atoms with Crippen LogP contribution in [0.25, 0.3) is 11.3 Å². The molecule has 2 N–H and O–H groups in total. The number of aromatic nitrogens is 2. The lowest BCUT2D eigenvalue weighted by Gasteiger charge is -2.28. The molecule has 0 atom stereocenters. The van der Waals surface area contributed by atoms with Crippen molar-refractivity contribution in [3.63, 3.8) is 0 Å². The van der Waals surface area contributed by atoms with Gasteiger partial charge in [-0.1, -0.05) is 41.4 Å². The Kier molecular flexibility index (Phi) is 7.79. The fraction of sp³-hybridized carbons (Fsp3) is 0.200. The second-order valence-electron chi connectivity index (χ2n) is 6.80. The van der Waals surface area contributed by atoms with Crippen LogP contribution in [0.1, 0.15) is 0 Å². The zero-order chi connectivity index (χ0) is 22.0. The van der Waals surface area contributed by atoms with Crippen molar-refractivity contribution in [1.82, 2.24) is 15.3 Å². The quantitative estimate of drug-likeness (QED) is 0.526. The van der Waals surface area contributed by atoms with E-state index in [1.165, 1.54) is 30.3 Å². The molecule has 0 radical (unpaired) electrons. The molecule has 4 rings (SSSR count). The summed E-state index contributed by atoms with van der Waals surface area (Å²) in [5, 5.41) is 3.16. The highest BCUT2D eigenvalue weighted by atomic mass is 35.5. The molecule has 1 aliphatic heterocycles. The van der Waals surface area contributed by atoms with Gasteiger partial charge in [-0.25, -0.2) is 14.4 Å². The number of pyridine rings is 2. The molecule has 1 aromatic carbocycles. The smallest absolute Gasteiger partial charge is 0.280 e. The van der Waals surface area contributed by atoms with E-state index in [4.69, 9.17) is 23.2 Å². The highest BCUT2D eigenvalue weighted by molar-refractivity contribution is 7.92. The molecule has 32 heavy (non-hydrogen) atoms. The van der Waals surface area contributed by atoms with Crippen LogP contribution in [0.5, 0.6) is 0 Å². The Labute approximate surface area is 201 Å². The molecular formula is C20H19Cl3FN5O2S. The van der Waals surface area contributed by atoms with E-state index in [-0.39, 0.29) is 44.6 Å². The maximum absolute atomic E-state index is 13.9. The summed E-state index contributed by atoms with van der Waals surface area (Å²) in [7, 11) is -4.02. The second kappa shape index (κ2) is 10.2. The van der Waals surface area contributed by atoms with Gasteiger partial charge >= 0.3 is 0 Å². The predicted molar refractivity (Wildman–Crippen MR) is 127 cm³/mol. The molecule has 12 heteroatoms. The van der Waals surface area contributed by atoms with E-state index < -0.39 is 15.8 Å². The number of anilines is 2. The minimum absolute atomic E-state index is 0. The summed E-state index contributed by atoms with van der Waals surface area (Å²) in [4.78, 5) is 10.6. The van der Waals surface area contributed by atoms with Crippen LogP contribution in [0.15, 0.2) is 53.6 Å². The van der Waals surface area contributed by atoms with E-state index in [2.05, 4.69) is 20.0 Å². The third-order valence-corrected chi connectivity index (χ3v) is 6.66. The van der Waals surface area contributed by atoms with Crippen molar-refractivity contribution in [2.24, 2.45) is 0 Å². The van der Waals surface area contributed by atoms with Gasteiger partial charge < -0.3 is 10.2 Å². The average Bonchev–Trinajstić information content (AvgIpc) is 2.78. The first-order chi connectivity index (χ1) is 14.8. The van der Waals surface area contributed by atoms with Gasteiger partial charge in [-0.2, -0.15) is 8.42 Å². The molecule has 0 aliphatic carbocycles. The molecule has 1 saturated heterocycles. The van der Waals surface area contributed by atoms with E-state index in [0.717, 1.165) is 26.2 Å². The molecule has 0 spiro atoms. The van der Waals surface area contributed by atoms with E-state index in [0.29, 0.717) is 5.82 Å².